The predicted octanol–water partition coefficient (Wildman–Crippen LogP) is 7.34. The highest BCUT2D eigenvalue weighted by atomic mass is 31.2. The second-order valence-corrected chi connectivity index (χ2v) is 14.8. The number of quaternary nitrogens is 1. The van der Waals surface area contributed by atoms with Gasteiger partial charge in [-0.25, -0.2) is 0 Å². The van der Waals surface area contributed by atoms with Crippen molar-refractivity contribution < 1.29 is 52.0 Å². The maximum atomic E-state index is 12.5. The second kappa shape index (κ2) is 28.5. The Balaban J connectivity index is 4.42. The minimum absolute atomic E-state index is 0.0564. The molecule has 46 heavy (non-hydrogen) atoms. The van der Waals surface area contributed by atoms with Crippen LogP contribution in [-0.2, 0) is 37.5 Å². The highest BCUT2D eigenvalue weighted by Crippen LogP contribution is 2.38. The number of unbranched alkanes of at least 4 members (excludes halogenated alkanes) is 17. The van der Waals surface area contributed by atoms with Crippen molar-refractivity contribution in [3.05, 3.63) is 0 Å². The van der Waals surface area contributed by atoms with Gasteiger partial charge in [-0.3, -0.25) is 18.9 Å². The summed E-state index contributed by atoms with van der Waals surface area (Å²) in [4.78, 5) is 47.6. The molecule has 0 amide bonds. The number of carboxylic acid groups (broad SMARTS) is 1. The number of hydrogen-bond acceptors (Lipinski definition) is 9. The Morgan fingerprint density at radius 3 is 1.54 bits per heavy atom. The minimum Gasteiger partial charge on any atom is -0.756 e. The van der Waals surface area contributed by atoms with E-state index in [2.05, 4.69) is 6.92 Å². The fraction of sp³-hybridized carbons (Fsp3) is 0.912. The summed E-state index contributed by atoms with van der Waals surface area (Å²) in [6.07, 6.45) is 19.7. The molecule has 0 bridgehead atoms. The number of hydrogen-bond donors (Lipinski definition) is 1. The van der Waals surface area contributed by atoms with E-state index in [1.807, 2.05) is 21.1 Å². The lowest BCUT2D eigenvalue weighted by molar-refractivity contribution is -0.870. The number of phosphoric ester groups is 1. The van der Waals surface area contributed by atoms with Gasteiger partial charge in [0.15, 0.2) is 6.10 Å². The Morgan fingerprint density at radius 1 is 0.652 bits per heavy atom. The first kappa shape index (κ1) is 44.5. The van der Waals surface area contributed by atoms with E-state index in [1.165, 1.54) is 57.8 Å². The number of carboxylic acids is 1. The predicted molar refractivity (Wildman–Crippen MR) is 178 cm³/mol. The monoisotopic (exact) mass is 679 g/mol. The third-order valence-electron chi connectivity index (χ3n) is 7.66. The molecule has 272 valence electrons. The lowest BCUT2D eigenvalue weighted by atomic mass is 10.0. The van der Waals surface area contributed by atoms with Crippen molar-refractivity contribution in [1.29, 1.82) is 0 Å². The molecular formula is C34H66NO10P. The number of nitrogens with zero attached hydrogens (tertiary/aromatic N) is 1. The zero-order valence-corrected chi connectivity index (χ0v) is 30.4. The summed E-state index contributed by atoms with van der Waals surface area (Å²) >= 11 is 0. The van der Waals surface area contributed by atoms with Crippen LogP contribution >= 0.6 is 7.82 Å². The molecule has 0 spiro atoms. The fourth-order valence-corrected chi connectivity index (χ4v) is 5.53. The second-order valence-electron chi connectivity index (χ2n) is 13.4. The van der Waals surface area contributed by atoms with Gasteiger partial charge >= 0.3 is 17.9 Å². The molecule has 0 aromatic rings. The number of esters is 2. The van der Waals surface area contributed by atoms with Crippen LogP contribution in [0.25, 0.3) is 0 Å². The van der Waals surface area contributed by atoms with E-state index < -0.39 is 38.4 Å². The molecule has 0 aromatic heterocycles. The van der Waals surface area contributed by atoms with Gasteiger partial charge in [0.1, 0.15) is 19.8 Å². The topological polar surface area (TPSA) is 148 Å². The molecule has 0 aliphatic rings. The molecule has 0 radical (unpaired) electrons. The van der Waals surface area contributed by atoms with E-state index in [0.717, 1.165) is 44.9 Å². The molecule has 0 heterocycles. The van der Waals surface area contributed by atoms with Gasteiger partial charge in [0.2, 0.25) is 0 Å². The number of phosphoric acid groups is 1. The van der Waals surface area contributed by atoms with Gasteiger partial charge in [0.05, 0.1) is 27.7 Å². The standard InChI is InChI=1S/C34H66NO10P/c1-5-6-7-8-9-10-11-12-13-14-15-19-22-25-33(38)42-29-31(30-44-46(40,41)43-28-27-35(2,3)4)45-34(39)26-23-20-17-16-18-21-24-32(36)37/h31H,5-30H2,1-4H3,(H-,36,37,40,41)/t31-/m1/s1. The summed E-state index contributed by atoms with van der Waals surface area (Å²) in [5, 5.41) is 8.69. The quantitative estimate of drug-likeness (QED) is 0.0323. The molecule has 1 unspecified atom stereocenters. The molecule has 12 heteroatoms. The maximum absolute atomic E-state index is 12.5. The number of aliphatic carboxylic acids is 1. The molecule has 0 fully saturated rings. The van der Waals surface area contributed by atoms with Crippen LogP contribution in [0.5, 0.6) is 0 Å². The van der Waals surface area contributed by atoms with Crippen molar-refractivity contribution in [2.24, 2.45) is 0 Å². The Labute approximate surface area is 279 Å². The Hall–Kier alpha value is -1.52. The summed E-state index contributed by atoms with van der Waals surface area (Å²) < 4.78 is 33.4. The minimum atomic E-state index is -4.64. The summed E-state index contributed by atoms with van der Waals surface area (Å²) in [6, 6.07) is 0. The van der Waals surface area contributed by atoms with Crippen molar-refractivity contribution in [3.8, 4) is 0 Å². The average molecular weight is 680 g/mol. The zero-order valence-electron chi connectivity index (χ0n) is 29.5. The Morgan fingerprint density at radius 2 is 1.09 bits per heavy atom. The van der Waals surface area contributed by atoms with E-state index in [-0.39, 0.29) is 32.5 Å². The Bertz CT molecular complexity index is 833. The van der Waals surface area contributed by atoms with Crippen LogP contribution in [0.2, 0.25) is 0 Å². The van der Waals surface area contributed by atoms with Crippen LogP contribution in [0.4, 0.5) is 0 Å². The number of rotatable bonds is 33. The largest absolute Gasteiger partial charge is 0.756 e. The first-order valence-corrected chi connectivity index (χ1v) is 19.3. The smallest absolute Gasteiger partial charge is 0.306 e. The normalized spacial score (nSPS) is 13.7. The SMILES string of the molecule is CCCCCCCCCCCCCCCC(=O)OC[C@H](COP(=O)([O-])OCC[N+](C)(C)C)OC(=O)CCCCCCCCC(=O)O. The summed E-state index contributed by atoms with van der Waals surface area (Å²) in [5.74, 6) is -1.74. The van der Waals surface area contributed by atoms with E-state index >= 15 is 0 Å². The zero-order chi connectivity index (χ0) is 34.5. The summed E-state index contributed by atoms with van der Waals surface area (Å²) in [7, 11) is 1.07. The summed E-state index contributed by atoms with van der Waals surface area (Å²) in [6.45, 7) is 1.82. The number of carbonyl (C=O) groups is 3. The van der Waals surface area contributed by atoms with Gasteiger partial charge in [0, 0.05) is 19.3 Å². The number of likely N-dealkylation sites (N-methyl/N-ethyl adjacent to an activating group) is 1. The van der Waals surface area contributed by atoms with E-state index in [1.54, 1.807) is 0 Å². The highest BCUT2D eigenvalue weighted by molar-refractivity contribution is 7.45. The van der Waals surface area contributed by atoms with Gasteiger partial charge in [-0.05, 0) is 19.3 Å². The molecule has 2 atom stereocenters. The van der Waals surface area contributed by atoms with Crippen molar-refractivity contribution in [2.45, 2.75) is 154 Å². The van der Waals surface area contributed by atoms with Crippen molar-refractivity contribution in [1.82, 2.24) is 0 Å². The van der Waals surface area contributed by atoms with Crippen molar-refractivity contribution >= 4 is 25.7 Å². The molecular weight excluding hydrogens is 613 g/mol. The average Bonchev–Trinajstić information content (AvgIpc) is 2.97. The van der Waals surface area contributed by atoms with E-state index in [9.17, 15) is 23.8 Å². The van der Waals surface area contributed by atoms with Crippen LogP contribution in [0.15, 0.2) is 0 Å². The van der Waals surface area contributed by atoms with Gasteiger partial charge in [-0.1, -0.05) is 110 Å². The van der Waals surface area contributed by atoms with Crippen molar-refractivity contribution in [3.63, 3.8) is 0 Å². The fourth-order valence-electron chi connectivity index (χ4n) is 4.80. The van der Waals surface area contributed by atoms with Gasteiger partial charge in [-0.15, -0.1) is 0 Å². The third-order valence-corrected chi connectivity index (χ3v) is 8.63. The molecule has 0 saturated heterocycles. The van der Waals surface area contributed by atoms with Crippen LogP contribution in [0.3, 0.4) is 0 Å². The van der Waals surface area contributed by atoms with Gasteiger partial charge in [-0.2, -0.15) is 0 Å². The highest BCUT2D eigenvalue weighted by Gasteiger charge is 2.21. The third kappa shape index (κ3) is 32.4. The number of carbonyl (C=O) groups excluding carboxylic acids is 2. The molecule has 0 rings (SSSR count). The first-order valence-electron chi connectivity index (χ1n) is 17.8. The lowest BCUT2D eigenvalue weighted by Gasteiger charge is -2.28. The number of ether oxygens (including phenoxy) is 2. The molecule has 11 nitrogen and oxygen atoms in total. The molecule has 1 N–H and O–H groups in total. The van der Waals surface area contributed by atoms with Crippen LogP contribution in [0, 0.1) is 0 Å². The molecule has 0 saturated carbocycles. The van der Waals surface area contributed by atoms with Gasteiger partial charge < -0.3 is 33.0 Å². The molecule has 0 aliphatic carbocycles. The maximum Gasteiger partial charge on any atom is 0.306 e. The first-order chi connectivity index (χ1) is 21.8. The van der Waals surface area contributed by atoms with Crippen LogP contribution in [0.1, 0.15) is 148 Å². The summed E-state index contributed by atoms with van der Waals surface area (Å²) in [5.41, 5.74) is 0. The molecule has 0 aliphatic heterocycles. The van der Waals surface area contributed by atoms with E-state index in [0.29, 0.717) is 30.3 Å². The van der Waals surface area contributed by atoms with Crippen LogP contribution in [-0.4, -0.2) is 81.1 Å². The Kier molecular flexibility index (Phi) is 27.5. The van der Waals surface area contributed by atoms with Crippen molar-refractivity contribution in [2.75, 3.05) is 47.5 Å². The molecule has 0 aromatic carbocycles. The lowest BCUT2D eigenvalue weighted by Crippen LogP contribution is -2.37. The van der Waals surface area contributed by atoms with Crippen LogP contribution < -0.4 is 4.89 Å². The van der Waals surface area contributed by atoms with Gasteiger partial charge in [0.25, 0.3) is 7.82 Å². The van der Waals surface area contributed by atoms with E-state index in [4.69, 9.17) is 23.6 Å².